The standard InChI is InChI=1S/C7H14N2O2/c1-11-7(10)9-6-4-2-3-5(6)8/h5-6H,2-4,8H2,1H3,(H,9,10). The average Bonchev–Trinajstić information content (AvgIpc) is 2.37. The van der Waals surface area contributed by atoms with E-state index in [4.69, 9.17) is 5.73 Å². The van der Waals surface area contributed by atoms with Crippen LogP contribution in [0.15, 0.2) is 0 Å². The topological polar surface area (TPSA) is 64.3 Å². The van der Waals surface area contributed by atoms with Crippen molar-refractivity contribution in [1.29, 1.82) is 0 Å². The summed E-state index contributed by atoms with van der Waals surface area (Å²) >= 11 is 0. The van der Waals surface area contributed by atoms with Crippen LogP contribution in [-0.4, -0.2) is 25.3 Å². The van der Waals surface area contributed by atoms with Crippen LogP contribution in [0.25, 0.3) is 0 Å². The van der Waals surface area contributed by atoms with Crippen molar-refractivity contribution >= 4 is 6.09 Å². The maximum absolute atomic E-state index is 10.7. The number of hydrogen-bond donors (Lipinski definition) is 2. The molecule has 0 heterocycles. The molecule has 1 aliphatic carbocycles. The third-order valence-electron chi connectivity index (χ3n) is 2.06. The number of amides is 1. The predicted octanol–water partition coefficient (Wildman–Crippen LogP) is 0.222. The molecule has 1 amide bonds. The summed E-state index contributed by atoms with van der Waals surface area (Å²) < 4.78 is 4.45. The van der Waals surface area contributed by atoms with Crippen molar-refractivity contribution in [2.75, 3.05) is 7.11 Å². The molecule has 0 aliphatic heterocycles. The van der Waals surface area contributed by atoms with Gasteiger partial charge >= 0.3 is 6.09 Å². The number of alkyl carbamates (subject to hydrolysis) is 1. The van der Waals surface area contributed by atoms with E-state index in [1.807, 2.05) is 0 Å². The fourth-order valence-electron chi connectivity index (χ4n) is 1.38. The van der Waals surface area contributed by atoms with Gasteiger partial charge in [-0.05, 0) is 19.3 Å². The first-order valence-corrected chi connectivity index (χ1v) is 3.84. The second-order valence-corrected chi connectivity index (χ2v) is 2.84. The number of carbonyl (C=O) groups is 1. The highest BCUT2D eigenvalue weighted by Gasteiger charge is 2.25. The van der Waals surface area contributed by atoms with Crippen molar-refractivity contribution in [3.05, 3.63) is 0 Å². The third-order valence-corrected chi connectivity index (χ3v) is 2.06. The summed E-state index contributed by atoms with van der Waals surface area (Å²) in [5.41, 5.74) is 5.71. The molecule has 1 aliphatic rings. The first-order chi connectivity index (χ1) is 5.24. The number of carbonyl (C=O) groups excluding carboxylic acids is 1. The van der Waals surface area contributed by atoms with Crippen LogP contribution < -0.4 is 11.1 Å². The molecular formula is C7H14N2O2. The normalized spacial score (nSPS) is 30.0. The Hall–Kier alpha value is -0.770. The molecule has 1 saturated carbocycles. The van der Waals surface area contributed by atoms with Crippen LogP contribution >= 0.6 is 0 Å². The lowest BCUT2D eigenvalue weighted by atomic mass is 10.2. The van der Waals surface area contributed by atoms with Crippen LogP contribution in [0.5, 0.6) is 0 Å². The first-order valence-electron chi connectivity index (χ1n) is 3.84. The third kappa shape index (κ3) is 2.08. The zero-order valence-corrected chi connectivity index (χ0v) is 6.67. The van der Waals surface area contributed by atoms with Gasteiger partial charge in [-0.15, -0.1) is 0 Å². The van der Waals surface area contributed by atoms with E-state index in [-0.39, 0.29) is 18.2 Å². The van der Waals surface area contributed by atoms with E-state index in [1.54, 1.807) is 0 Å². The number of methoxy groups -OCH3 is 1. The van der Waals surface area contributed by atoms with Gasteiger partial charge in [-0.3, -0.25) is 0 Å². The number of nitrogens with two attached hydrogens (primary N) is 1. The molecule has 0 aromatic heterocycles. The van der Waals surface area contributed by atoms with E-state index in [0.717, 1.165) is 19.3 Å². The Kier molecular flexibility index (Phi) is 2.70. The number of ether oxygens (including phenoxy) is 1. The van der Waals surface area contributed by atoms with Crippen LogP contribution in [0.3, 0.4) is 0 Å². The van der Waals surface area contributed by atoms with Crippen LogP contribution in [0.2, 0.25) is 0 Å². The average molecular weight is 158 g/mol. The van der Waals surface area contributed by atoms with Gasteiger partial charge in [-0.1, -0.05) is 0 Å². The fourth-order valence-corrected chi connectivity index (χ4v) is 1.38. The number of nitrogens with one attached hydrogen (secondary N) is 1. The Morgan fingerprint density at radius 1 is 1.64 bits per heavy atom. The lowest BCUT2D eigenvalue weighted by Crippen LogP contribution is -2.43. The second-order valence-electron chi connectivity index (χ2n) is 2.84. The van der Waals surface area contributed by atoms with E-state index < -0.39 is 0 Å². The summed E-state index contributed by atoms with van der Waals surface area (Å²) in [5, 5.41) is 2.69. The van der Waals surface area contributed by atoms with E-state index in [0.29, 0.717) is 0 Å². The molecular weight excluding hydrogens is 144 g/mol. The molecule has 0 spiro atoms. The molecule has 3 N–H and O–H groups in total. The monoisotopic (exact) mass is 158 g/mol. The molecule has 4 heteroatoms. The summed E-state index contributed by atoms with van der Waals surface area (Å²) in [5.74, 6) is 0. The van der Waals surface area contributed by atoms with Gasteiger partial charge in [0.15, 0.2) is 0 Å². The highest BCUT2D eigenvalue weighted by atomic mass is 16.5. The summed E-state index contributed by atoms with van der Waals surface area (Å²) in [4.78, 5) is 10.7. The number of rotatable bonds is 1. The first kappa shape index (κ1) is 8.33. The minimum absolute atomic E-state index is 0.106. The van der Waals surface area contributed by atoms with E-state index in [9.17, 15) is 4.79 Å². The molecule has 11 heavy (non-hydrogen) atoms. The summed E-state index contributed by atoms with van der Waals surface area (Å²) in [7, 11) is 1.36. The van der Waals surface area contributed by atoms with Crippen LogP contribution in [0.1, 0.15) is 19.3 Å². The minimum atomic E-state index is -0.382. The minimum Gasteiger partial charge on any atom is -0.453 e. The Morgan fingerprint density at radius 2 is 2.36 bits per heavy atom. The Labute approximate surface area is 66.1 Å². The van der Waals surface area contributed by atoms with Crippen molar-refractivity contribution in [3.8, 4) is 0 Å². The summed E-state index contributed by atoms with van der Waals surface area (Å²) in [6, 6.07) is 0.219. The predicted molar refractivity (Wildman–Crippen MR) is 41.2 cm³/mol. The lowest BCUT2D eigenvalue weighted by Gasteiger charge is -2.15. The molecule has 2 atom stereocenters. The summed E-state index contributed by atoms with van der Waals surface area (Å²) in [6.07, 6.45) is 2.67. The quantitative estimate of drug-likeness (QED) is 0.574. The molecule has 0 radical (unpaired) electrons. The van der Waals surface area contributed by atoms with Gasteiger partial charge in [0, 0.05) is 12.1 Å². The molecule has 4 nitrogen and oxygen atoms in total. The van der Waals surface area contributed by atoms with Crippen molar-refractivity contribution in [2.45, 2.75) is 31.3 Å². The van der Waals surface area contributed by atoms with E-state index in [1.165, 1.54) is 7.11 Å². The number of hydrogen-bond acceptors (Lipinski definition) is 3. The molecule has 1 fully saturated rings. The zero-order chi connectivity index (χ0) is 8.27. The summed E-state index contributed by atoms with van der Waals surface area (Å²) in [6.45, 7) is 0. The molecule has 0 bridgehead atoms. The smallest absolute Gasteiger partial charge is 0.407 e. The Balaban J connectivity index is 2.30. The van der Waals surface area contributed by atoms with Crippen LogP contribution in [-0.2, 0) is 4.74 Å². The Morgan fingerprint density at radius 3 is 2.82 bits per heavy atom. The van der Waals surface area contributed by atoms with Gasteiger partial charge in [-0.2, -0.15) is 0 Å². The fraction of sp³-hybridized carbons (Fsp3) is 0.857. The van der Waals surface area contributed by atoms with Crippen molar-refractivity contribution < 1.29 is 9.53 Å². The van der Waals surface area contributed by atoms with Crippen molar-refractivity contribution in [3.63, 3.8) is 0 Å². The SMILES string of the molecule is COC(=O)NC1CCCC1N. The lowest BCUT2D eigenvalue weighted by molar-refractivity contribution is 0.165. The van der Waals surface area contributed by atoms with E-state index >= 15 is 0 Å². The zero-order valence-electron chi connectivity index (χ0n) is 6.67. The van der Waals surface area contributed by atoms with Gasteiger partial charge in [-0.25, -0.2) is 4.79 Å². The maximum Gasteiger partial charge on any atom is 0.407 e. The highest BCUT2D eigenvalue weighted by molar-refractivity contribution is 5.67. The van der Waals surface area contributed by atoms with Crippen molar-refractivity contribution in [2.24, 2.45) is 5.73 Å². The molecule has 0 aromatic rings. The van der Waals surface area contributed by atoms with Crippen LogP contribution in [0, 0.1) is 0 Å². The maximum atomic E-state index is 10.7. The highest BCUT2D eigenvalue weighted by Crippen LogP contribution is 2.16. The largest absolute Gasteiger partial charge is 0.453 e. The van der Waals surface area contributed by atoms with Gasteiger partial charge in [0.25, 0.3) is 0 Å². The Bertz CT molecular complexity index is 149. The van der Waals surface area contributed by atoms with Gasteiger partial charge in [0.05, 0.1) is 7.11 Å². The molecule has 1 rings (SSSR count). The molecule has 0 aromatic carbocycles. The second kappa shape index (κ2) is 3.57. The van der Waals surface area contributed by atoms with Crippen molar-refractivity contribution in [1.82, 2.24) is 5.32 Å². The van der Waals surface area contributed by atoms with Gasteiger partial charge in [0.2, 0.25) is 0 Å². The van der Waals surface area contributed by atoms with Crippen LogP contribution in [0.4, 0.5) is 4.79 Å². The van der Waals surface area contributed by atoms with Gasteiger partial charge < -0.3 is 15.8 Å². The molecule has 2 unspecified atom stereocenters. The molecule has 0 saturated heterocycles. The van der Waals surface area contributed by atoms with E-state index in [2.05, 4.69) is 10.1 Å². The van der Waals surface area contributed by atoms with Gasteiger partial charge in [0.1, 0.15) is 0 Å². The molecule has 64 valence electrons.